The fourth-order valence-corrected chi connectivity index (χ4v) is 1.65. The molecule has 0 atom stereocenters. The molecule has 2 aromatic rings. The third-order valence-corrected chi connectivity index (χ3v) is 2.64. The number of halogens is 1. The van der Waals surface area contributed by atoms with Crippen LogP contribution in [0.3, 0.4) is 0 Å². The Morgan fingerprint density at radius 1 is 1.28 bits per heavy atom. The highest BCUT2D eigenvalue weighted by molar-refractivity contribution is 5.60. The van der Waals surface area contributed by atoms with Crippen LogP contribution in [-0.4, -0.2) is 16.5 Å². The van der Waals surface area contributed by atoms with Crippen LogP contribution in [0.1, 0.15) is 18.9 Å². The van der Waals surface area contributed by atoms with Gasteiger partial charge in [-0.15, -0.1) is 0 Å². The molecule has 0 fully saturated rings. The largest absolute Gasteiger partial charge is 0.369 e. The smallest absolute Gasteiger partial charge is 0.145 e. The second-order valence-corrected chi connectivity index (χ2v) is 4.18. The number of anilines is 1. The fourth-order valence-electron chi connectivity index (χ4n) is 1.65. The Hall–Kier alpha value is -1.97. The summed E-state index contributed by atoms with van der Waals surface area (Å²) in [6.07, 6.45) is 4.40. The summed E-state index contributed by atoms with van der Waals surface area (Å²) in [5.41, 5.74) is 2.24. The number of nitrogens with zero attached hydrogens (tertiary/aromatic N) is 2. The first-order chi connectivity index (χ1) is 8.70. The van der Waals surface area contributed by atoms with E-state index >= 15 is 0 Å². The van der Waals surface area contributed by atoms with Crippen LogP contribution < -0.4 is 5.32 Å². The van der Waals surface area contributed by atoms with Gasteiger partial charge in [0.15, 0.2) is 0 Å². The lowest BCUT2D eigenvalue weighted by Crippen LogP contribution is -2.03. The Balaban J connectivity index is 2.29. The zero-order chi connectivity index (χ0) is 13.0. The highest BCUT2D eigenvalue weighted by atomic mass is 19.1. The molecule has 18 heavy (non-hydrogen) atoms. The van der Waals surface area contributed by atoms with Crippen LogP contribution in [0, 0.1) is 12.7 Å². The van der Waals surface area contributed by atoms with Crippen molar-refractivity contribution in [2.45, 2.75) is 20.3 Å². The maximum atomic E-state index is 13.2. The van der Waals surface area contributed by atoms with Crippen LogP contribution in [-0.2, 0) is 0 Å². The van der Waals surface area contributed by atoms with Crippen molar-refractivity contribution < 1.29 is 4.39 Å². The Morgan fingerprint density at radius 2 is 2.11 bits per heavy atom. The second-order valence-electron chi connectivity index (χ2n) is 4.18. The maximum Gasteiger partial charge on any atom is 0.145 e. The van der Waals surface area contributed by atoms with E-state index in [4.69, 9.17) is 0 Å². The molecule has 1 aromatic carbocycles. The summed E-state index contributed by atoms with van der Waals surface area (Å²) in [5, 5.41) is 3.18. The minimum absolute atomic E-state index is 0.202. The van der Waals surface area contributed by atoms with Crippen LogP contribution in [0.25, 0.3) is 11.3 Å². The number of aromatic nitrogens is 2. The molecule has 0 bridgehead atoms. The van der Waals surface area contributed by atoms with Gasteiger partial charge in [-0.25, -0.2) is 9.37 Å². The van der Waals surface area contributed by atoms with E-state index in [1.54, 1.807) is 31.5 Å². The van der Waals surface area contributed by atoms with Crippen molar-refractivity contribution in [3.63, 3.8) is 0 Å². The van der Waals surface area contributed by atoms with Crippen molar-refractivity contribution in [3.8, 4) is 11.3 Å². The fraction of sp³-hybridized carbons (Fsp3) is 0.286. The minimum Gasteiger partial charge on any atom is -0.369 e. The lowest BCUT2D eigenvalue weighted by Gasteiger charge is -2.06. The number of nitrogens with one attached hydrogen (secondary N) is 1. The predicted molar refractivity (Wildman–Crippen MR) is 70.9 cm³/mol. The zero-order valence-corrected chi connectivity index (χ0v) is 10.6. The zero-order valence-electron chi connectivity index (χ0n) is 10.6. The molecule has 3 nitrogen and oxygen atoms in total. The molecule has 0 aliphatic carbocycles. The summed E-state index contributed by atoms with van der Waals surface area (Å²) >= 11 is 0. The first-order valence-corrected chi connectivity index (χ1v) is 6.03. The van der Waals surface area contributed by atoms with E-state index in [-0.39, 0.29) is 5.82 Å². The number of benzene rings is 1. The summed E-state index contributed by atoms with van der Waals surface area (Å²) in [6, 6.07) is 4.96. The van der Waals surface area contributed by atoms with Crippen LogP contribution in [0.15, 0.2) is 30.6 Å². The number of hydrogen-bond acceptors (Lipinski definition) is 3. The van der Waals surface area contributed by atoms with Crippen molar-refractivity contribution in [3.05, 3.63) is 42.0 Å². The van der Waals surface area contributed by atoms with Gasteiger partial charge in [0.1, 0.15) is 11.6 Å². The topological polar surface area (TPSA) is 37.8 Å². The molecular formula is C14H16FN3. The quantitative estimate of drug-likeness (QED) is 0.897. The molecule has 4 heteroatoms. The third-order valence-electron chi connectivity index (χ3n) is 2.64. The van der Waals surface area contributed by atoms with Gasteiger partial charge in [-0.1, -0.05) is 6.92 Å². The summed E-state index contributed by atoms with van der Waals surface area (Å²) in [5.74, 6) is 0.545. The molecule has 0 aliphatic heterocycles. The van der Waals surface area contributed by atoms with Gasteiger partial charge in [0.2, 0.25) is 0 Å². The van der Waals surface area contributed by atoms with Crippen LogP contribution >= 0.6 is 0 Å². The van der Waals surface area contributed by atoms with Gasteiger partial charge in [0.05, 0.1) is 18.1 Å². The molecule has 0 unspecified atom stereocenters. The predicted octanol–water partition coefficient (Wildman–Crippen LogP) is 3.41. The highest BCUT2D eigenvalue weighted by Gasteiger charge is 2.04. The number of hydrogen-bond donors (Lipinski definition) is 1. The molecule has 0 aliphatic rings. The summed E-state index contributed by atoms with van der Waals surface area (Å²) in [4.78, 5) is 8.60. The summed E-state index contributed by atoms with van der Waals surface area (Å²) in [7, 11) is 0. The number of aryl methyl sites for hydroxylation is 1. The summed E-state index contributed by atoms with van der Waals surface area (Å²) < 4.78 is 13.2. The molecule has 0 saturated carbocycles. The Bertz CT molecular complexity index is 540. The van der Waals surface area contributed by atoms with Crippen molar-refractivity contribution in [1.29, 1.82) is 0 Å². The van der Waals surface area contributed by atoms with Crippen molar-refractivity contribution in [1.82, 2.24) is 9.97 Å². The van der Waals surface area contributed by atoms with Crippen LogP contribution in [0.2, 0.25) is 0 Å². The van der Waals surface area contributed by atoms with E-state index in [2.05, 4.69) is 22.2 Å². The molecule has 0 amide bonds. The molecule has 1 N–H and O–H groups in total. The van der Waals surface area contributed by atoms with Gasteiger partial charge in [-0.05, 0) is 37.1 Å². The summed E-state index contributed by atoms with van der Waals surface area (Å²) in [6.45, 7) is 4.69. The lowest BCUT2D eigenvalue weighted by molar-refractivity contribution is 0.619. The molecular weight excluding hydrogens is 229 g/mol. The second kappa shape index (κ2) is 5.58. The van der Waals surface area contributed by atoms with Crippen molar-refractivity contribution in [2.24, 2.45) is 0 Å². The van der Waals surface area contributed by atoms with E-state index < -0.39 is 0 Å². The average molecular weight is 245 g/mol. The van der Waals surface area contributed by atoms with Crippen LogP contribution in [0.4, 0.5) is 10.2 Å². The molecule has 94 valence electrons. The van der Waals surface area contributed by atoms with Gasteiger partial charge in [-0.3, -0.25) is 4.98 Å². The van der Waals surface area contributed by atoms with E-state index in [1.807, 2.05) is 0 Å². The Morgan fingerprint density at radius 3 is 2.83 bits per heavy atom. The van der Waals surface area contributed by atoms with Gasteiger partial charge in [0.25, 0.3) is 0 Å². The highest BCUT2D eigenvalue weighted by Crippen LogP contribution is 2.20. The first kappa shape index (κ1) is 12.5. The first-order valence-electron chi connectivity index (χ1n) is 6.03. The van der Waals surface area contributed by atoms with Crippen LogP contribution in [0.5, 0.6) is 0 Å². The SMILES string of the molecule is CCCNc1cncc(-c2ccc(F)c(C)c2)n1. The van der Waals surface area contributed by atoms with E-state index in [0.717, 1.165) is 30.0 Å². The minimum atomic E-state index is -0.202. The van der Waals surface area contributed by atoms with Gasteiger partial charge in [-0.2, -0.15) is 0 Å². The van der Waals surface area contributed by atoms with E-state index in [0.29, 0.717) is 5.56 Å². The van der Waals surface area contributed by atoms with E-state index in [1.165, 1.54) is 6.07 Å². The Kier molecular flexibility index (Phi) is 3.87. The number of rotatable bonds is 4. The molecule has 0 radical (unpaired) electrons. The van der Waals surface area contributed by atoms with Crippen molar-refractivity contribution in [2.75, 3.05) is 11.9 Å². The molecule has 1 aromatic heterocycles. The lowest BCUT2D eigenvalue weighted by atomic mass is 10.1. The van der Waals surface area contributed by atoms with Gasteiger partial charge < -0.3 is 5.32 Å². The normalized spacial score (nSPS) is 10.4. The molecule has 0 saturated heterocycles. The standard InChI is InChI=1S/C14H16FN3/c1-3-6-17-14-9-16-8-13(18-14)11-4-5-12(15)10(2)7-11/h4-5,7-9H,3,6H2,1-2H3,(H,17,18). The van der Waals surface area contributed by atoms with Gasteiger partial charge >= 0.3 is 0 Å². The maximum absolute atomic E-state index is 13.2. The molecule has 0 spiro atoms. The van der Waals surface area contributed by atoms with Gasteiger partial charge in [0, 0.05) is 12.1 Å². The monoisotopic (exact) mass is 245 g/mol. The molecule has 2 rings (SSSR count). The Labute approximate surface area is 106 Å². The molecule has 1 heterocycles. The van der Waals surface area contributed by atoms with Crippen molar-refractivity contribution >= 4 is 5.82 Å². The van der Waals surface area contributed by atoms with E-state index in [9.17, 15) is 4.39 Å². The third kappa shape index (κ3) is 2.83. The average Bonchev–Trinajstić information content (AvgIpc) is 2.40.